The molecule has 0 saturated heterocycles. The molecule has 126 valence electrons. The largest absolute Gasteiger partial charge is 0.479 e. The van der Waals surface area contributed by atoms with Gasteiger partial charge in [0.2, 0.25) is 0 Å². The van der Waals surface area contributed by atoms with Crippen LogP contribution in [0.3, 0.4) is 0 Å². The van der Waals surface area contributed by atoms with Gasteiger partial charge in [-0.05, 0) is 37.3 Å². The quantitative estimate of drug-likeness (QED) is 0.823. The van der Waals surface area contributed by atoms with Crippen molar-refractivity contribution in [1.82, 2.24) is 0 Å². The van der Waals surface area contributed by atoms with Gasteiger partial charge in [-0.3, -0.25) is 9.59 Å². The Morgan fingerprint density at radius 3 is 2.96 bits per heavy atom. The summed E-state index contributed by atoms with van der Waals surface area (Å²) in [6, 6.07) is 14.2. The number of ether oxygens (including phenoxy) is 1. The zero-order chi connectivity index (χ0) is 17.8. The van der Waals surface area contributed by atoms with Crippen molar-refractivity contribution < 1.29 is 14.3 Å². The first-order valence-corrected chi connectivity index (χ1v) is 8.59. The Bertz CT molecular complexity index is 876. The highest BCUT2D eigenvalue weighted by atomic mass is 32.2. The topological polar surface area (TPSA) is 91.2 Å². The number of amides is 2. The van der Waals surface area contributed by atoms with E-state index in [0.29, 0.717) is 22.7 Å². The molecule has 1 atom stereocenters. The lowest BCUT2D eigenvalue weighted by molar-refractivity contribution is -0.122. The number of carbonyl (C=O) groups excluding carboxylic acids is 2. The molecular weight excluding hydrogens is 338 g/mol. The van der Waals surface area contributed by atoms with Crippen LogP contribution in [0.25, 0.3) is 0 Å². The summed E-state index contributed by atoms with van der Waals surface area (Å²) in [6.07, 6.45) is -0.544. The molecule has 0 aliphatic carbocycles. The molecule has 0 radical (unpaired) electrons. The van der Waals surface area contributed by atoms with Gasteiger partial charge in [0.05, 0.1) is 23.1 Å². The number of hydrogen-bond donors (Lipinski definition) is 2. The molecule has 2 aromatic rings. The van der Waals surface area contributed by atoms with Crippen molar-refractivity contribution in [3.8, 4) is 11.8 Å². The van der Waals surface area contributed by atoms with Crippen molar-refractivity contribution in [3.05, 3.63) is 48.0 Å². The maximum atomic E-state index is 12.6. The lowest BCUT2D eigenvalue weighted by atomic mass is 10.2. The van der Waals surface area contributed by atoms with Crippen LogP contribution < -0.4 is 15.4 Å². The minimum Gasteiger partial charge on any atom is -0.479 e. The van der Waals surface area contributed by atoms with Gasteiger partial charge in [0.15, 0.2) is 6.10 Å². The minimum absolute atomic E-state index is 0.228. The summed E-state index contributed by atoms with van der Waals surface area (Å²) in [7, 11) is 0. The van der Waals surface area contributed by atoms with Crippen molar-refractivity contribution in [2.45, 2.75) is 17.9 Å². The normalized spacial score (nSPS) is 15.4. The van der Waals surface area contributed by atoms with Gasteiger partial charge in [0.25, 0.3) is 11.8 Å². The van der Waals surface area contributed by atoms with Crippen LogP contribution in [-0.4, -0.2) is 23.7 Å². The number of benzene rings is 2. The first-order chi connectivity index (χ1) is 12.1. The molecule has 1 heterocycles. The predicted molar refractivity (Wildman–Crippen MR) is 95.9 cm³/mol. The Kier molecular flexibility index (Phi) is 4.91. The molecule has 3 rings (SSSR count). The van der Waals surface area contributed by atoms with Crippen molar-refractivity contribution in [1.29, 1.82) is 5.26 Å². The molecule has 0 fully saturated rings. The van der Waals surface area contributed by atoms with Gasteiger partial charge in [-0.1, -0.05) is 12.1 Å². The van der Waals surface area contributed by atoms with E-state index in [4.69, 9.17) is 10.00 Å². The molecule has 7 heteroatoms. The fourth-order valence-corrected chi connectivity index (χ4v) is 3.09. The molecule has 0 aromatic heterocycles. The second-order valence-electron chi connectivity index (χ2n) is 5.36. The molecule has 25 heavy (non-hydrogen) atoms. The van der Waals surface area contributed by atoms with Crippen molar-refractivity contribution in [2.75, 3.05) is 16.4 Å². The molecule has 1 aliphatic heterocycles. The first kappa shape index (κ1) is 16.9. The van der Waals surface area contributed by atoms with Gasteiger partial charge in [-0.25, -0.2) is 0 Å². The number of anilines is 2. The summed E-state index contributed by atoms with van der Waals surface area (Å²) < 4.78 is 5.49. The molecule has 2 aromatic carbocycles. The number of thioether (sulfide) groups is 1. The van der Waals surface area contributed by atoms with E-state index in [0.717, 1.165) is 4.90 Å². The van der Waals surface area contributed by atoms with E-state index in [2.05, 4.69) is 16.7 Å². The molecule has 2 amide bonds. The van der Waals surface area contributed by atoms with Gasteiger partial charge >= 0.3 is 0 Å². The van der Waals surface area contributed by atoms with Crippen LogP contribution in [0.15, 0.2) is 47.4 Å². The van der Waals surface area contributed by atoms with Gasteiger partial charge in [-0.2, -0.15) is 5.26 Å². The molecule has 0 saturated carbocycles. The van der Waals surface area contributed by atoms with E-state index in [1.54, 1.807) is 43.3 Å². The molecule has 6 nitrogen and oxygen atoms in total. The van der Waals surface area contributed by atoms with Crippen LogP contribution >= 0.6 is 11.8 Å². The SMILES string of the molecule is CC1Oc2ccc(NC(=O)c3ccccc3SCC#N)cc2NC1=O. The van der Waals surface area contributed by atoms with Crippen LogP contribution in [0.4, 0.5) is 11.4 Å². The zero-order valence-corrected chi connectivity index (χ0v) is 14.2. The van der Waals surface area contributed by atoms with Gasteiger partial charge in [0.1, 0.15) is 5.75 Å². The average Bonchev–Trinajstić information content (AvgIpc) is 2.61. The maximum absolute atomic E-state index is 12.6. The Morgan fingerprint density at radius 2 is 2.16 bits per heavy atom. The number of carbonyl (C=O) groups is 2. The molecular formula is C18H15N3O3S. The number of rotatable bonds is 4. The Labute approximate surface area is 149 Å². The number of hydrogen-bond acceptors (Lipinski definition) is 5. The second kappa shape index (κ2) is 7.28. The van der Waals surface area contributed by atoms with E-state index >= 15 is 0 Å². The second-order valence-corrected chi connectivity index (χ2v) is 6.37. The third-order valence-corrected chi connectivity index (χ3v) is 4.53. The molecule has 2 N–H and O–H groups in total. The Balaban J connectivity index is 1.80. The van der Waals surface area contributed by atoms with Gasteiger partial charge in [0, 0.05) is 10.6 Å². The monoisotopic (exact) mass is 353 g/mol. The van der Waals surface area contributed by atoms with E-state index in [9.17, 15) is 9.59 Å². The van der Waals surface area contributed by atoms with E-state index in [-0.39, 0.29) is 17.6 Å². The fourth-order valence-electron chi connectivity index (χ4n) is 2.38. The van der Waals surface area contributed by atoms with Crippen molar-refractivity contribution in [2.24, 2.45) is 0 Å². The highest BCUT2D eigenvalue weighted by Crippen LogP contribution is 2.32. The van der Waals surface area contributed by atoms with Crippen LogP contribution in [0.1, 0.15) is 17.3 Å². The molecule has 1 unspecified atom stereocenters. The third-order valence-electron chi connectivity index (χ3n) is 3.59. The van der Waals surface area contributed by atoms with E-state index in [1.807, 2.05) is 6.07 Å². The van der Waals surface area contributed by atoms with Gasteiger partial charge in [-0.15, -0.1) is 11.8 Å². The van der Waals surface area contributed by atoms with Crippen LogP contribution in [-0.2, 0) is 4.79 Å². The average molecular weight is 353 g/mol. The lowest BCUT2D eigenvalue weighted by Gasteiger charge is -2.23. The van der Waals surface area contributed by atoms with Crippen LogP contribution in [0, 0.1) is 11.3 Å². The lowest BCUT2D eigenvalue weighted by Crippen LogP contribution is -2.34. The number of nitrogens with one attached hydrogen (secondary N) is 2. The molecule has 0 spiro atoms. The van der Waals surface area contributed by atoms with Crippen molar-refractivity contribution >= 4 is 35.0 Å². The first-order valence-electron chi connectivity index (χ1n) is 7.60. The summed E-state index contributed by atoms with van der Waals surface area (Å²) in [5, 5.41) is 14.3. The smallest absolute Gasteiger partial charge is 0.265 e. The van der Waals surface area contributed by atoms with E-state index < -0.39 is 6.10 Å². The summed E-state index contributed by atoms with van der Waals surface area (Å²) in [5.74, 6) is 0.326. The standard InChI is InChI=1S/C18H15N3O3S/c1-11-17(22)21-14-10-12(6-7-15(14)24-11)20-18(23)13-4-2-3-5-16(13)25-9-8-19/h2-7,10-11H,9H2,1H3,(H,20,23)(H,21,22). The third kappa shape index (κ3) is 3.75. The van der Waals surface area contributed by atoms with E-state index in [1.165, 1.54) is 11.8 Å². The molecule has 0 bridgehead atoms. The predicted octanol–water partition coefficient (Wildman–Crippen LogP) is 3.27. The summed E-state index contributed by atoms with van der Waals surface area (Å²) >= 11 is 1.31. The number of nitrogens with zero attached hydrogens (tertiary/aromatic N) is 1. The maximum Gasteiger partial charge on any atom is 0.265 e. The minimum atomic E-state index is -0.544. The van der Waals surface area contributed by atoms with Crippen molar-refractivity contribution in [3.63, 3.8) is 0 Å². The number of fused-ring (bicyclic) bond motifs is 1. The van der Waals surface area contributed by atoms with Crippen LogP contribution in [0.2, 0.25) is 0 Å². The fraction of sp³-hybridized carbons (Fsp3) is 0.167. The van der Waals surface area contributed by atoms with Crippen LogP contribution in [0.5, 0.6) is 5.75 Å². The van der Waals surface area contributed by atoms with Gasteiger partial charge < -0.3 is 15.4 Å². The Morgan fingerprint density at radius 1 is 1.36 bits per heavy atom. The molecule has 1 aliphatic rings. The highest BCUT2D eigenvalue weighted by Gasteiger charge is 2.23. The highest BCUT2D eigenvalue weighted by molar-refractivity contribution is 7.99. The zero-order valence-electron chi connectivity index (χ0n) is 13.4. The summed E-state index contributed by atoms with van der Waals surface area (Å²) in [6.45, 7) is 1.67. The summed E-state index contributed by atoms with van der Waals surface area (Å²) in [4.78, 5) is 25.0. The Hall–Kier alpha value is -2.98. The summed E-state index contributed by atoms with van der Waals surface area (Å²) in [5.41, 5.74) is 1.56. The number of nitriles is 1.